The highest BCUT2D eigenvalue weighted by Crippen LogP contribution is 2.25. The molecule has 126 valence electrons. The predicted octanol–water partition coefficient (Wildman–Crippen LogP) is 3.71. The number of carbonyl (C=O) groups is 2. The van der Waals surface area contributed by atoms with Crippen molar-refractivity contribution in [3.05, 3.63) is 70.2 Å². The third-order valence-electron chi connectivity index (χ3n) is 4.10. The number of hydrogen-bond donors (Lipinski definition) is 2. The van der Waals surface area contributed by atoms with Gasteiger partial charge in [0.2, 0.25) is 5.91 Å². The molecule has 0 saturated heterocycles. The summed E-state index contributed by atoms with van der Waals surface area (Å²) < 4.78 is 0.942. The van der Waals surface area contributed by atoms with Gasteiger partial charge in [-0.15, -0.1) is 0 Å². The van der Waals surface area contributed by atoms with Crippen molar-refractivity contribution in [2.24, 2.45) is 0 Å². The van der Waals surface area contributed by atoms with Crippen LogP contribution in [0.1, 0.15) is 30.9 Å². The maximum absolute atomic E-state index is 12.6. The second kappa shape index (κ2) is 7.62. The van der Waals surface area contributed by atoms with Crippen LogP contribution in [0.5, 0.6) is 0 Å². The third-order valence-corrected chi connectivity index (χ3v) is 4.63. The van der Waals surface area contributed by atoms with Crippen LogP contribution in [0.2, 0.25) is 0 Å². The number of carboxylic acids is 1. The van der Waals surface area contributed by atoms with Crippen molar-refractivity contribution in [1.29, 1.82) is 0 Å². The van der Waals surface area contributed by atoms with E-state index >= 15 is 0 Å². The SMILES string of the molecule is CC(C)(C(=O)NCC(C(=O)O)c1ccccc1)c1ccc(Br)cc1. The molecule has 0 radical (unpaired) electrons. The van der Waals surface area contributed by atoms with Crippen LogP contribution in [0.4, 0.5) is 0 Å². The maximum atomic E-state index is 12.6. The number of carboxylic acid groups (broad SMARTS) is 1. The van der Waals surface area contributed by atoms with Crippen molar-refractivity contribution >= 4 is 27.8 Å². The van der Waals surface area contributed by atoms with Crippen LogP contribution >= 0.6 is 15.9 Å². The molecule has 2 rings (SSSR count). The maximum Gasteiger partial charge on any atom is 0.312 e. The third kappa shape index (κ3) is 4.23. The minimum atomic E-state index is -0.956. The van der Waals surface area contributed by atoms with E-state index in [9.17, 15) is 14.7 Å². The van der Waals surface area contributed by atoms with Crippen molar-refractivity contribution in [2.45, 2.75) is 25.2 Å². The number of rotatable bonds is 6. The fraction of sp³-hybridized carbons (Fsp3) is 0.263. The Labute approximate surface area is 150 Å². The Bertz CT molecular complexity index is 711. The summed E-state index contributed by atoms with van der Waals surface area (Å²) in [6, 6.07) is 16.5. The van der Waals surface area contributed by atoms with Crippen LogP contribution in [-0.2, 0) is 15.0 Å². The Morgan fingerprint density at radius 1 is 1.08 bits per heavy atom. The van der Waals surface area contributed by atoms with E-state index in [0.717, 1.165) is 10.0 Å². The van der Waals surface area contributed by atoms with E-state index < -0.39 is 17.3 Å². The predicted molar refractivity (Wildman–Crippen MR) is 97.0 cm³/mol. The zero-order chi connectivity index (χ0) is 17.7. The number of benzene rings is 2. The first-order valence-corrected chi connectivity index (χ1v) is 8.44. The standard InChI is InChI=1S/C19H20BrNO3/c1-19(2,14-8-10-15(20)11-9-14)18(24)21-12-16(17(22)23)13-6-4-3-5-7-13/h3-11,16H,12H2,1-2H3,(H,21,24)(H,22,23). The van der Waals surface area contributed by atoms with Gasteiger partial charge in [-0.3, -0.25) is 9.59 Å². The molecular formula is C19H20BrNO3. The summed E-state index contributed by atoms with van der Waals surface area (Å²) in [5.41, 5.74) is 0.794. The van der Waals surface area contributed by atoms with Crippen molar-refractivity contribution < 1.29 is 14.7 Å². The number of hydrogen-bond acceptors (Lipinski definition) is 2. The number of carbonyl (C=O) groups excluding carboxylic acids is 1. The summed E-state index contributed by atoms with van der Waals surface area (Å²) in [4.78, 5) is 24.1. The molecule has 1 unspecified atom stereocenters. The van der Waals surface area contributed by atoms with E-state index in [4.69, 9.17) is 0 Å². The number of amides is 1. The molecule has 24 heavy (non-hydrogen) atoms. The van der Waals surface area contributed by atoms with Gasteiger partial charge in [0, 0.05) is 11.0 Å². The Morgan fingerprint density at radius 2 is 1.67 bits per heavy atom. The molecule has 0 heterocycles. The van der Waals surface area contributed by atoms with Gasteiger partial charge < -0.3 is 10.4 Å². The Kier molecular flexibility index (Phi) is 5.78. The summed E-state index contributed by atoms with van der Waals surface area (Å²) in [7, 11) is 0. The summed E-state index contributed by atoms with van der Waals surface area (Å²) >= 11 is 3.38. The van der Waals surface area contributed by atoms with E-state index in [2.05, 4.69) is 21.2 Å². The Balaban J connectivity index is 2.10. The normalized spacial score (nSPS) is 12.5. The largest absolute Gasteiger partial charge is 0.481 e. The van der Waals surface area contributed by atoms with Crippen LogP contribution in [-0.4, -0.2) is 23.5 Å². The number of nitrogens with one attached hydrogen (secondary N) is 1. The molecule has 0 fully saturated rings. The first-order chi connectivity index (χ1) is 11.3. The minimum absolute atomic E-state index is 0.0537. The molecule has 0 bridgehead atoms. The van der Waals surface area contributed by atoms with Gasteiger partial charge in [0.15, 0.2) is 0 Å². The molecule has 4 nitrogen and oxygen atoms in total. The van der Waals surface area contributed by atoms with Gasteiger partial charge >= 0.3 is 5.97 Å². The molecule has 0 aliphatic rings. The molecule has 2 aromatic carbocycles. The molecule has 2 aromatic rings. The van der Waals surface area contributed by atoms with E-state index in [-0.39, 0.29) is 12.5 Å². The molecule has 0 aromatic heterocycles. The van der Waals surface area contributed by atoms with Gasteiger partial charge in [0.1, 0.15) is 0 Å². The molecular weight excluding hydrogens is 370 g/mol. The lowest BCUT2D eigenvalue weighted by Gasteiger charge is -2.25. The zero-order valence-corrected chi connectivity index (χ0v) is 15.2. The number of halogens is 1. The lowest BCUT2D eigenvalue weighted by molar-refractivity contribution is -0.138. The Morgan fingerprint density at radius 3 is 2.21 bits per heavy atom. The van der Waals surface area contributed by atoms with Gasteiger partial charge in [0.05, 0.1) is 11.3 Å². The van der Waals surface area contributed by atoms with Gasteiger partial charge in [0.25, 0.3) is 0 Å². The molecule has 5 heteroatoms. The topological polar surface area (TPSA) is 66.4 Å². The average Bonchev–Trinajstić information content (AvgIpc) is 2.56. The van der Waals surface area contributed by atoms with E-state index in [1.165, 1.54) is 0 Å². The molecule has 1 amide bonds. The van der Waals surface area contributed by atoms with Crippen molar-refractivity contribution in [3.63, 3.8) is 0 Å². The second-order valence-corrected chi connectivity index (χ2v) is 7.06. The van der Waals surface area contributed by atoms with Crippen LogP contribution in [0, 0.1) is 0 Å². The Hall–Kier alpha value is -2.14. The van der Waals surface area contributed by atoms with E-state index in [1.807, 2.05) is 44.2 Å². The summed E-state index contributed by atoms with van der Waals surface area (Å²) in [5, 5.41) is 12.2. The molecule has 0 aliphatic heterocycles. The zero-order valence-electron chi connectivity index (χ0n) is 13.6. The van der Waals surface area contributed by atoms with Crippen LogP contribution in [0.3, 0.4) is 0 Å². The molecule has 0 saturated carbocycles. The van der Waals surface area contributed by atoms with Crippen LogP contribution in [0.25, 0.3) is 0 Å². The molecule has 1 atom stereocenters. The highest BCUT2D eigenvalue weighted by molar-refractivity contribution is 9.10. The van der Waals surface area contributed by atoms with Gasteiger partial charge in [-0.2, -0.15) is 0 Å². The summed E-state index contributed by atoms with van der Waals surface area (Å²) in [6.07, 6.45) is 0. The van der Waals surface area contributed by atoms with Crippen molar-refractivity contribution in [3.8, 4) is 0 Å². The first-order valence-electron chi connectivity index (χ1n) is 7.64. The summed E-state index contributed by atoms with van der Waals surface area (Å²) in [6.45, 7) is 3.70. The highest BCUT2D eigenvalue weighted by Gasteiger charge is 2.31. The van der Waals surface area contributed by atoms with Gasteiger partial charge in [-0.05, 0) is 37.1 Å². The minimum Gasteiger partial charge on any atom is -0.481 e. The van der Waals surface area contributed by atoms with Gasteiger partial charge in [-0.25, -0.2) is 0 Å². The highest BCUT2D eigenvalue weighted by atomic mass is 79.9. The summed E-state index contributed by atoms with van der Waals surface area (Å²) in [5.74, 6) is -1.93. The average molecular weight is 390 g/mol. The smallest absolute Gasteiger partial charge is 0.312 e. The second-order valence-electron chi connectivity index (χ2n) is 6.14. The first kappa shape index (κ1) is 18.2. The van der Waals surface area contributed by atoms with Crippen LogP contribution < -0.4 is 5.32 Å². The van der Waals surface area contributed by atoms with Crippen LogP contribution in [0.15, 0.2) is 59.1 Å². The van der Waals surface area contributed by atoms with Gasteiger partial charge in [-0.1, -0.05) is 58.4 Å². The number of aliphatic carboxylic acids is 1. The molecule has 2 N–H and O–H groups in total. The lowest BCUT2D eigenvalue weighted by Crippen LogP contribution is -2.42. The monoisotopic (exact) mass is 389 g/mol. The molecule has 0 aliphatic carbocycles. The van der Waals surface area contributed by atoms with Crippen molar-refractivity contribution in [1.82, 2.24) is 5.32 Å². The van der Waals surface area contributed by atoms with E-state index in [0.29, 0.717) is 5.56 Å². The van der Waals surface area contributed by atoms with E-state index in [1.54, 1.807) is 24.3 Å². The quantitative estimate of drug-likeness (QED) is 0.790. The van der Waals surface area contributed by atoms with Crippen molar-refractivity contribution in [2.75, 3.05) is 6.54 Å². The lowest BCUT2D eigenvalue weighted by atomic mass is 9.83. The molecule has 0 spiro atoms. The fourth-order valence-corrected chi connectivity index (χ4v) is 2.71. The fourth-order valence-electron chi connectivity index (χ4n) is 2.45.